The first-order valence-electron chi connectivity index (χ1n) is 14.3. The highest BCUT2D eigenvalue weighted by Gasteiger charge is 2.39. The molecule has 0 heterocycles. The molecule has 9 nitrogen and oxygen atoms in total. The summed E-state index contributed by atoms with van der Waals surface area (Å²) in [5, 5.41) is 13.8. The van der Waals surface area contributed by atoms with Crippen molar-refractivity contribution in [1.29, 1.82) is 0 Å². The van der Waals surface area contributed by atoms with E-state index in [2.05, 4.69) is 21.5 Å². The Kier molecular flexibility index (Phi) is 13.3. The first-order chi connectivity index (χ1) is 22.2. The first kappa shape index (κ1) is 37.0. The van der Waals surface area contributed by atoms with E-state index in [1.54, 1.807) is 0 Å². The molecule has 0 aromatic heterocycles. The fourth-order valence-electron chi connectivity index (χ4n) is 3.95. The molecule has 0 bridgehead atoms. The molecular formula is C31H32F6N2O7S. The van der Waals surface area contributed by atoms with E-state index in [-0.39, 0.29) is 30.3 Å². The summed E-state index contributed by atoms with van der Waals surface area (Å²) >= 11 is 0. The van der Waals surface area contributed by atoms with Crippen LogP contribution in [0.4, 0.5) is 26.3 Å². The molecular weight excluding hydrogens is 658 g/mol. The van der Waals surface area contributed by atoms with Crippen LogP contribution in [0.3, 0.4) is 0 Å². The molecule has 0 saturated heterocycles. The molecule has 3 rings (SSSR count). The highest BCUT2D eigenvalue weighted by atomic mass is 32.2. The van der Waals surface area contributed by atoms with E-state index in [9.17, 15) is 34.8 Å². The van der Waals surface area contributed by atoms with Crippen LogP contribution < -0.4 is 14.2 Å². The molecule has 0 atom stereocenters. The van der Waals surface area contributed by atoms with Gasteiger partial charge >= 0.3 is 22.5 Å². The largest absolute Gasteiger partial charge is 0.494 e. The Labute approximate surface area is 267 Å². The van der Waals surface area contributed by atoms with E-state index < -0.39 is 44.4 Å². The quantitative estimate of drug-likeness (QED) is 0.0503. The van der Waals surface area contributed by atoms with Gasteiger partial charge in [0.1, 0.15) is 22.1 Å². The number of hydrogen-bond donors (Lipinski definition) is 1. The number of ether oxygens (including phenoxy) is 3. The number of hydrogen-bond acceptors (Lipinski definition) is 9. The third kappa shape index (κ3) is 11.7. The highest BCUT2D eigenvalue weighted by Crippen LogP contribution is 2.27. The maximum absolute atomic E-state index is 13.8. The number of benzene rings is 3. The zero-order valence-electron chi connectivity index (χ0n) is 25.1. The van der Waals surface area contributed by atoms with Crippen LogP contribution in [0.2, 0.25) is 0 Å². The fourth-order valence-corrected chi connectivity index (χ4v) is 4.68. The zero-order chi connectivity index (χ0) is 34.5. The van der Waals surface area contributed by atoms with Gasteiger partial charge in [0.15, 0.2) is 11.4 Å². The van der Waals surface area contributed by atoms with Crippen molar-refractivity contribution in [3.8, 4) is 17.2 Å². The zero-order valence-corrected chi connectivity index (χ0v) is 25.9. The lowest BCUT2D eigenvalue weighted by atomic mass is 10.1. The maximum atomic E-state index is 13.8. The SMILES string of the molecule is CCCCCCOc1ccc(S(=O)(=O)ON=C(c2ccc(OCCCOc3ccc(C(=NO)C(F)(F)F)cc3)cc2)C(F)(F)F)cc1. The van der Waals surface area contributed by atoms with Gasteiger partial charge in [0.25, 0.3) is 0 Å². The van der Waals surface area contributed by atoms with Gasteiger partial charge in [0, 0.05) is 17.5 Å². The van der Waals surface area contributed by atoms with Crippen molar-refractivity contribution in [3.05, 3.63) is 83.9 Å². The number of unbranched alkanes of at least 4 members (excludes halogenated alkanes) is 3. The molecule has 3 aromatic rings. The topological polar surface area (TPSA) is 116 Å². The van der Waals surface area contributed by atoms with Gasteiger partial charge in [-0.15, -0.1) is 0 Å². The van der Waals surface area contributed by atoms with E-state index in [1.807, 2.05) is 0 Å². The molecule has 0 spiro atoms. The Morgan fingerprint density at radius 2 is 1.06 bits per heavy atom. The van der Waals surface area contributed by atoms with Gasteiger partial charge < -0.3 is 19.4 Å². The molecule has 47 heavy (non-hydrogen) atoms. The van der Waals surface area contributed by atoms with Crippen molar-refractivity contribution in [2.45, 2.75) is 56.3 Å². The Balaban J connectivity index is 1.52. The molecule has 0 saturated carbocycles. The van der Waals surface area contributed by atoms with E-state index >= 15 is 0 Å². The van der Waals surface area contributed by atoms with Crippen LogP contribution in [0.1, 0.15) is 50.2 Å². The van der Waals surface area contributed by atoms with Crippen LogP contribution in [-0.4, -0.2) is 57.2 Å². The predicted octanol–water partition coefficient (Wildman–Crippen LogP) is 7.91. The number of rotatable bonds is 17. The standard InChI is InChI=1S/C31H32F6N2O7S/c1-2-3-4-5-19-43-26-15-17-27(18-16-26)47(41,42)46-39-29(31(35,36)37)23-9-13-25(14-10-23)45-21-6-20-44-24-11-7-22(8-12-24)28(38-40)30(32,33)34/h7-18,40H,2-6,19-21H2,1H3. The molecule has 16 heteroatoms. The minimum absolute atomic E-state index is 0.0804. The third-order valence-corrected chi connectivity index (χ3v) is 7.44. The van der Waals surface area contributed by atoms with E-state index in [0.717, 1.165) is 62.1 Å². The lowest BCUT2D eigenvalue weighted by Gasteiger charge is -2.12. The first-order valence-corrected chi connectivity index (χ1v) is 15.7. The lowest BCUT2D eigenvalue weighted by Crippen LogP contribution is -2.25. The molecule has 0 amide bonds. The van der Waals surface area contributed by atoms with Crippen molar-refractivity contribution < 1.29 is 58.5 Å². The summed E-state index contributed by atoms with van der Waals surface area (Å²) in [4.78, 5) is -0.405. The molecule has 0 aliphatic rings. The van der Waals surface area contributed by atoms with Crippen LogP contribution in [0.5, 0.6) is 17.2 Å². The van der Waals surface area contributed by atoms with Gasteiger partial charge in [0.05, 0.1) is 19.8 Å². The molecule has 256 valence electrons. The second kappa shape index (κ2) is 16.9. The number of alkyl halides is 6. The van der Waals surface area contributed by atoms with Gasteiger partial charge in [-0.1, -0.05) is 36.5 Å². The molecule has 0 unspecified atom stereocenters. The Bertz CT molecular complexity index is 1580. The average Bonchev–Trinajstić information content (AvgIpc) is 3.01. The van der Waals surface area contributed by atoms with Crippen LogP contribution >= 0.6 is 0 Å². The van der Waals surface area contributed by atoms with Gasteiger partial charge in [-0.2, -0.15) is 34.8 Å². The molecule has 0 aliphatic carbocycles. The van der Waals surface area contributed by atoms with Crippen LogP contribution in [0.25, 0.3) is 0 Å². The van der Waals surface area contributed by atoms with Crippen molar-refractivity contribution in [2.75, 3.05) is 19.8 Å². The number of nitrogens with zero attached hydrogens (tertiary/aromatic N) is 2. The van der Waals surface area contributed by atoms with Crippen molar-refractivity contribution in [3.63, 3.8) is 0 Å². The molecule has 0 fully saturated rings. The second-order valence-corrected chi connectivity index (χ2v) is 11.4. The van der Waals surface area contributed by atoms with Gasteiger partial charge in [-0.25, -0.2) is 0 Å². The summed E-state index contributed by atoms with van der Waals surface area (Å²) in [7, 11) is -4.67. The molecule has 0 aliphatic heterocycles. The van der Waals surface area contributed by atoms with Gasteiger partial charge in [0.2, 0.25) is 0 Å². The smallest absolute Gasteiger partial charge is 0.437 e. The van der Waals surface area contributed by atoms with Gasteiger partial charge in [-0.3, -0.25) is 4.28 Å². The average molecular weight is 691 g/mol. The Morgan fingerprint density at radius 1 is 0.638 bits per heavy atom. The number of oxime groups is 2. The minimum Gasteiger partial charge on any atom is -0.494 e. The molecule has 1 N–H and O–H groups in total. The summed E-state index contributed by atoms with van der Waals surface area (Å²) in [5.74, 6) is 0.852. The summed E-state index contributed by atoms with van der Waals surface area (Å²) in [5.41, 5.74) is -3.85. The van der Waals surface area contributed by atoms with Gasteiger partial charge in [-0.05, 0) is 79.2 Å². The van der Waals surface area contributed by atoms with Crippen LogP contribution in [0.15, 0.2) is 88.0 Å². The van der Waals surface area contributed by atoms with Crippen molar-refractivity contribution >= 4 is 21.5 Å². The van der Waals surface area contributed by atoms with E-state index in [4.69, 9.17) is 19.4 Å². The molecule has 0 radical (unpaired) electrons. The van der Waals surface area contributed by atoms with Crippen molar-refractivity contribution in [2.24, 2.45) is 10.3 Å². The summed E-state index contributed by atoms with van der Waals surface area (Å²) in [6.45, 7) is 2.70. The van der Waals surface area contributed by atoms with E-state index in [1.165, 1.54) is 36.4 Å². The second-order valence-electron chi connectivity index (χ2n) is 9.89. The maximum Gasteiger partial charge on any atom is 0.437 e. The van der Waals surface area contributed by atoms with Crippen LogP contribution in [-0.2, 0) is 14.4 Å². The Morgan fingerprint density at radius 3 is 1.49 bits per heavy atom. The minimum atomic E-state index is -5.05. The predicted molar refractivity (Wildman–Crippen MR) is 160 cm³/mol. The Hall–Kier alpha value is -4.47. The van der Waals surface area contributed by atoms with Crippen LogP contribution in [0, 0.1) is 0 Å². The summed E-state index contributed by atoms with van der Waals surface area (Å²) in [6, 6.07) is 14.3. The summed E-state index contributed by atoms with van der Waals surface area (Å²) < 4.78 is 126. The summed E-state index contributed by atoms with van der Waals surface area (Å²) in [6.07, 6.45) is -5.62. The third-order valence-electron chi connectivity index (χ3n) is 6.32. The lowest BCUT2D eigenvalue weighted by molar-refractivity contribution is -0.0608. The van der Waals surface area contributed by atoms with E-state index in [0.29, 0.717) is 18.8 Å². The number of halogens is 6. The highest BCUT2D eigenvalue weighted by molar-refractivity contribution is 7.86. The monoisotopic (exact) mass is 690 g/mol. The normalized spacial score (nSPS) is 12.9. The molecule has 3 aromatic carbocycles. The van der Waals surface area contributed by atoms with Crippen molar-refractivity contribution in [1.82, 2.24) is 0 Å². The fraction of sp³-hybridized carbons (Fsp3) is 0.355.